The van der Waals surface area contributed by atoms with Crippen LogP contribution in [0.3, 0.4) is 0 Å². The molecule has 0 saturated carbocycles. The minimum absolute atomic E-state index is 0.152. The molecule has 2 heterocycles. The van der Waals surface area contributed by atoms with Crippen molar-refractivity contribution >= 4 is 33.2 Å². The highest BCUT2D eigenvalue weighted by Crippen LogP contribution is 2.26. The van der Waals surface area contributed by atoms with Gasteiger partial charge in [0.15, 0.2) is 0 Å². The summed E-state index contributed by atoms with van der Waals surface area (Å²) in [4.78, 5) is 20.0. The van der Waals surface area contributed by atoms with E-state index in [1.807, 2.05) is 18.7 Å². The number of amides is 1. The summed E-state index contributed by atoms with van der Waals surface area (Å²) in [5.41, 5.74) is 0.867. The van der Waals surface area contributed by atoms with Gasteiger partial charge in [-0.3, -0.25) is 4.79 Å². The van der Waals surface area contributed by atoms with Crippen LogP contribution >= 0.6 is 27.3 Å². The maximum absolute atomic E-state index is 12.4. The van der Waals surface area contributed by atoms with Gasteiger partial charge in [0.05, 0.1) is 10.7 Å². The molecule has 17 heavy (non-hydrogen) atoms. The molecule has 1 aromatic rings. The third-order valence-corrected chi connectivity index (χ3v) is 5.61. The molecule has 0 N–H and O–H groups in total. The van der Waals surface area contributed by atoms with Gasteiger partial charge in [0, 0.05) is 17.9 Å². The van der Waals surface area contributed by atoms with Gasteiger partial charge >= 0.3 is 0 Å². The summed E-state index contributed by atoms with van der Waals surface area (Å²) in [6.45, 7) is 7.73. The monoisotopic (exact) mass is 316 g/mol. The van der Waals surface area contributed by atoms with E-state index in [0.29, 0.717) is 10.7 Å². The van der Waals surface area contributed by atoms with Crippen LogP contribution in [0.1, 0.15) is 33.7 Å². The first-order chi connectivity index (χ1) is 7.99. The normalized spacial score (nSPS) is 25.1. The number of hydrogen-bond acceptors (Lipinski definition) is 3. The fourth-order valence-corrected chi connectivity index (χ4v) is 3.43. The Morgan fingerprint density at radius 3 is 2.76 bits per heavy atom. The predicted molar refractivity (Wildman–Crippen MR) is 74.0 cm³/mol. The van der Waals surface area contributed by atoms with E-state index in [2.05, 4.69) is 27.8 Å². The van der Waals surface area contributed by atoms with E-state index in [9.17, 15) is 4.79 Å². The van der Waals surface area contributed by atoms with Crippen LogP contribution in [0.4, 0.5) is 0 Å². The topological polar surface area (TPSA) is 33.2 Å². The lowest BCUT2D eigenvalue weighted by Crippen LogP contribution is -2.43. The van der Waals surface area contributed by atoms with Gasteiger partial charge < -0.3 is 4.90 Å². The van der Waals surface area contributed by atoms with Crippen LogP contribution in [0.25, 0.3) is 0 Å². The van der Waals surface area contributed by atoms with Gasteiger partial charge in [-0.2, -0.15) is 0 Å². The Morgan fingerprint density at radius 1 is 1.53 bits per heavy atom. The number of hydrogen-bond donors (Lipinski definition) is 0. The summed E-state index contributed by atoms with van der Waals surface area (Å²) < 4.78 is 0. The van der Waals surface area contributed by atoms with Crippen LogP contribution in [0.5, 0.6) is 0 Å². The molecule has 2 rings (SSSR count). The molecule has 2 unspecified atom stereocenters. The second-order valence-electron chi connectivity index (χ2n) is 4.68. The molecule has 0 spiro atoms. The van der Waals surface area contributed by atoms with Crippen molar-refractivity contribution < 1.29 is 4.79 Å². The predicted octanol–water partition coefficient (Wildman–Crippen LogP) is 3.01. The zero-order chi connectivity index (χ0) is 12.6. The molecule has 94 valence electrons. The maximum atomic E-state index is 12.4. The Balaban J connectivity index is 2.13. The van der Waals surface area contributed by atoms with Crippen molar-refractivity contribution in [3.05, 3.63) is 15.6 Å². The van der Waals surface area contributed by atoms with Crippen LogP contribution in [-0.4, -0.2) is 33.7 Å². The number of aryl methyl sites for hydroxylation is 2. The molecule has 0 radical (unpaired) electrons. The number of alkyl halides is 1. The van der Waals surface area contributed by atoms with Gasteiger partial charge in [0.25, 0.3) is 5.91 Å². The molecule has 1 fully saturated rings. The first-order valence-corrected chi connectivity index (χ1v) is 7.59. The fourth-order valence-electron chi connectivity index (χ4n) is 2.17. The highest BCUT2D eigenvalue weighted by atomic mass is 79.9. The lowest BCUT2D eigenvalue weighted by molar-refractivity contribution is 0.0694. The molecule has 5 heteroatoms. The van der Waals surface area contributed by atoms with Gasteiger partial charge in [-0.15, -0.1) is 11.3 Å². The summed E-state index contributed by atoms with van der Waals surface area (Å²) in [5, 5.41) is 0.967. The maximum Gasteiger partial charge on any atom is 0.265 e. The molecule has 2 atom stereocenters. The van der Waals surface area contributed by atoms with Crippen LogP contribution in [0, 0.1) is 19.8 Å². The molecule has 1 aromatic heterocycles. The highest BCUT2D eigenvalue weighted by molar-refractivity contribution is 9.09. The van der Waals surface area contributed by atoms with E-state index >= 15 is 0 Å². The van der Waals surface area contributed by atoms with Crippen molar-refractivity contribution in [2.45, 2.75) is 32.0 Å². The SMILES string of the molecule is Cc1nc(C)c(C(=O)N2CCC(Br)C(C)C2)s1. The Bertz CT molecular complexity index is 432. The Kier molecular flexibility index (Phi) is 3.88. The molecule has 1 aliphatic heterocycles. The molecule has 0 aliphatic carbocycles. The molecule has 0 bridgehead atoms. The minimum atomic E-state index is 0.152. The number of piperidine rings is 1. The number of likely N-dealkylation sites (tertiary alicyclic amines) is 1. The van der Waals surface area contributed by atoms with Gasteiger partial charge in [0.2, 0.25) is 0 Å². The number of rotatable bonds is 1. The van der Waals surface area contributed by atoms with E-state index < -0.39 is 0 Å². The van der Waals surface area contributed by atoms with E-state index in [4.69, 9.17) is 0 Å². The number of thiazole rings is 1. The third kappa shape index (κ3) is 2.71. The second-order valence-corrected chi connectivity index (χ2v) is 7.06. The largest absolute Gasteiger partial charge is 0.338 e. The lowest BCUT2D eigenvalue weighted by Gasteiger charge is -2.34. The summed E-state index contributed by atoms with van der Waals surface area (Å²) in [7, 11) is 0. The molecule has 3 nitrogen and oxygen atoms in total. The number of aromatic nitrogens is 1. The Labute approximate surface area is 114 Å². The molecular weight excluding hydrogens is 300 g/mol. The zero-order valence-corrected chi connectivity index (χ0v) is 12.8. The zero-order valence-electron chi connectivity index (χ0n) is 10.4. The molecule has 0 aromatic carbocycles. The molecule has 1 aliphatic rings. The quantitative estimate of drug-likeness (QED) is 0.746. The first kappa shape index (κ1) is 13.0. The van der Waals surface area contributed by atoms with Crippen molar-refractivity contribution in [1.29, 1.82) is 0 Å². The van der Waals surface area contributed by atoms with Crippen LogP contribution < -0.4 is 0 Å². The molecular formula is C12H17BrN2OS. The minimum Gasteiger partial charge on any atom is -0.338 e. The van der Waals surface area contributed by atoms with E-state index in [1.165, 1.54) is 11.3 Å². The number of nitrogens with zero attached hydrogens (tertiary/aromatic N) is 2. The average molecular weight is 317 g/mol. The van der Waals surface area contributed by atoms with Crippen molar-refractivity contribution in [2.75, 3.05) is 13.1 Å². The number of carbonyl (C=O) groups excluding carboxylic acids is 1. The molecule has 1 amide bonds. The Hall–Kier alpha value is -0.420. The second kappa shape index (κ2) is 5.06. The van der Waals surface area contributed by atoms with Crippen LogP contribution in [0.2, 0.25) is 0 Å². The van der Waals surface area contributed by atoms with Crippen molar-refractivity contribution in [2.24, 2.45) is 5.92 Å². The van der Waals surface area contributed by atoms with E-state index in [-0.39, 0.29) is 5.91 Å². The summed E-state index contributed by atoms with van der Waals surface area (Å²) in [6, 6.07) is 0. The van der Waals surface area contributed by atoms with Crippen molar-refractivity contribution in [3.63, 3.8) is 0 Å². The van der Waals surface area contributed by atoms with Gasteiger partial charge in [0.1, 0.15) is 4.88 Å². The molecule has 1 saturated heterocycles. The van der Waals surface area contributed by atoms with E-state index in [0.717, 1.165) is 35.1 Å². The Morgan fingerprint density at radius 2 is 2.24 bits per heavy atom. The standard InChI is InChI=1S/C12H17BrN2OS/c1-7-6-15(5-4-10(7)13)12(16)11-8(2)14-9(3)17-11/h7,10H,4-6H2,1-3H3. The van der Waals surface area contributed by atoms with Crippen LogP contribution in [-0.2, 0) is 0 Å². The lowest BCUT2D eigenvalue weighted by atomic mass is 10.00. The summed E-state index contributed by atoms with van der Waals surface area (Å²) >= 11 is 5.16. The highest BCUT2D eigenvalue weighted by Gasteiger charge is 2.29. The third-order valence-electron chi connectivity index (χ3n) is 3.19. The fraction of sp³-hybridized carbons (Fsp3) is 0.667. The number of carbonyl (C=O) groups is 1. The van der Waals surface area contributed by atoms with Gasteiger partial charge in [-0.1, -0.05) is 22.9 Å². The smallest absolute Gasteiger partial charge is 0.265 e. The van der Waals surface area contributed by atoms with Crippen molar-refractivity contribution in [1.82, 2.24) is 9.88 Å². The van der Waals surface area contributed by atoms with Gasteiger partial charge in [-0.05, 0) is 26.2 Å². The first-order valence-electron chi connectivity index (χ1n) is 5.86. The van der Waals surface area contributed by atoms with Crippen LogP contribution in [0.15, 0.2) is 0 Å². The van der Waals surface area contributed by atoms with Crippen molar-refractivity contribution in [3.8, 4) is 0 Å². The summed E-state index contributed by atoms with van der Waals surface area (Å²) in [5.74, 6) is 0.668. The average Bonchev–Trinajstić information content (AvgIpc) is 2.61. The van der Waals surface area contributed by atoms with Gasteiger partial charge in [-0.25, -0.2) is 4.98 Å². The van der Waals surface area contributed by atoms with E-state index in [1.54, 1.807) is 0 Å². The summed E-state index contributed by atoms with van der Waals surface area (Å²) in [6.07, 6.45) is 1.03. The number of halogens is 1.